The fourth-order valence-corrected chi connectivity index (χ4v) is 1.55. The lowest BCUT2D eigenvalue weighted by Crippen LogP contribution is -2.33. The normalized spacial score (nSPS) is 11.7. The molecule has 0 aliphatic carbocycles. The fourth-order valence-electron chi connectivity index (χ4n) is 1.55. The number of ether oxygens (including phenoxy) is 1. The minimum atomic E-state index is -0.446. The summed E-state index contributed by atoms with van der Waals surface area (Å²) in [5, 5.41) is 7.02. The van der Waals surface area contributed by atoms with Gasteiger partial charge >= 0.3 is 6.09 Å². The van der Waals surface area contributed by atoms with E-state index in [1.807, 2.05) is 31.6 Å². The number of carbonyl (C=O) groups is 1. The Balaban J connectivity index is 2.22. The van der Waals surface area contributed by atoms with Crippen molar-refractivity contribution in [3.63, 3.8) is 0 Å². The average Bonchev–Trinajstić information content (AvgIpc) is 2.70. The topological polar surface area (TPSA) is 56.2 Å². The maximum Gasteiger partial charge on any atom is 0.407 e. The highest BCUT2D eigenvalue weighted by molar-refractivity contribution is 5.67. The summed E-state index contributed by atoms with van der Waals surface area (Å²) in [7, 11) is 0. The first kappa shape index (κ1) is 15.5. The van der Waals surface area contributed by atoms with Crippen molar-refractivity contribution in [2.45, 2.75) is 59.1 Å². The number of amides is 1. The Kier molecular flexibility index (Phi) is 5.39. The molecule has 19 heavy (non-hydrogen) atoms. The van der Waals surface area contributed by atoms with Crippen molar-refractivity contribution >= 4 is 6.09 Å². The molecule has 1 aromatic rings. The van der Waals surface area contributed by atoms with Crippen LogP contribution in [0.1, 0.15) is 52.5 Å². The monoisotopic (exact) mass is 267 g/mol. The van der Waals surface area contributed by atoms with E-state index >= 15 is 0 Å². The van der Waals surface area contributed by atoms with E-state index in [4.69, 9.17) is 4.74 Å². The van der Waals surface area contributed by atoms with E-state index in [2.05, 4.69) is 30.5 Å². The highest BCUT2D eigenvalue weighted by Gasteiger charge is 2.15. The minimum Gasteiger partial charge on any atom is -0.444 e. The first-order chi connectivity index (χ1) is 8.78. The molecule has 1 rings (SSSR count). The number of rotatable bonds is 5. The zero-order valence-corrected chi connectivity index (χ0v) is 12.6. The smallest absolute Gasteiger partial charge is 0.407 e. The summed E-state index contributed by atoms with van der Waals surface area (Å²) < 4.78 is 7.06. The van der Waals surface area contributed by atoms with E-state index < -0.39 is 5.60 Å². The molecule has 108 valence electrons. The standard InChI is InChI=1S/C14H25N3O2/c1-11(2)12-9-16-17(10-12)8-6-7-15-13(18)19-14(3,4)5/h9-11H,6-8H2,1-5H3,(H,15,18). The Morgan fingerprint density at radius 2 is 2.16 bits per heavy atom. The van der Waals surface area contributed by atoms with Gasteiger partial charge in [-0.1, -0.05) is 13.8 Å². The quantitative estimate of drug-likeness (QED) is 0.834. The number of alkyl carbamates (subject to hydrolysis) is 1. The largest absolute Gasteiger partial charge is 0.444 e. The van der Waals surface area contributed by atoms with Crippen molar-refractivity contribution in [1.82, 2.24) is 15.1 Å². The molecule has 0 aliphatic rings. The van der Waals surface area contributed by atoms with E-state index in [0.717, 1.165) is 13.0 Å². The van der Waals surface area contributed by atoms with Crippen LogP contribution in [0.25, 0.3) is 0 Å². The van der Waals surface area contributed by atoms with Crippen molar-refractivity contribution in [2.75, 3.05) is 6.54 Å². The van der Waals surface area contributed by atoms with Crippen molar-refractivity contribution in [1.29, 1.82) is 0 Å². The third-order valence-corrected chi connectivity index (χ3v) is 2.55. The molecule has 0 saturated heterocycles. The summed E-state index contributed by atoms with van der Waals surface area (Å²) >= 11 is 0. The lowest BCUT2D eigenvalue weighted by Gasteiger charge is -2.19. The summed E-state index contributed by atoms with van der Waals surface area (Å²) in [5.74, 6) is 0.494. The molecule has 0 unspecified atom stereocenters. The van der Waals surface area contributed by atoms with Gasteiger partial charge in [-0.25, -0.2) is 4.79 Å². The lowest BCUT2D eigenvalue weighted by molar-refractivity contribution is 0.0526. The number of aromatic nitrogens is 2. The van der Waals surface area contributed by atoms with E-state index in [1.54, 1.807) is 0 Å². The zero-order chi connectivity index (χ0) is 14.5. The van der Waals surface area contributed by atoms with Gasteiger partial charge in [0.25, 0.3) is 0 Å². The van der Waals surface area contributed by atoms with Crippen LogP contribution < -0.4 is 5.32 Å². The summed E-state index contributed by atoms with van der Waals surface area (Å²) in [6.45, 7) is 11.2. The Morgan fingerprint density at radius 3 is 2.68 bits per heavy atom. The predicted octanol–water partition coefficient (Wildman–Crippen LogP) is 2.92. The van der Waals surface area contributed by atoms with Gasteiger partial charge in [0, 0.05) is 19.3 Å². The van der Waals surface area contributed by atoms with Gasteiger partial charge in [0.1, 0.15) is 5.60 Å². The van der Waals surface area contributed by atoms with Gasteiger partial charge in [-0.3, -0.25) is 4.68 Å². The Bertz CT molecular complexity index is 405. The molecule has 0 bridgehead atoms. The lowest BCUT2D eigenvalue weighted by atomic mass is 10.1. The maximum absolute atomic E-state index is 11.4. The molecule has 1 amide bonds. The van der Waals surface area contributed by atoms with Gasteiger partial charge in [-0.2, -0.15) is 5.10 Å². The molecule has 5 nitrogen and oxygen atoms in total. The van der Waals surface area contributed by atoms with E-state index in [9.17, 15) is 4.79 Å². The first-order valence-corrected chi connectivity index (χ1v) is 6.77. The van der Waals surface area contributed by atoms with Crippen LogP contribution in [0, 0.1) is 0 Å². The van der Waals surface area contributed by atoms with Gasteiger partial charge in [0.2, 0.25) is 0 Å². The van der Waals surface area contributed by atoms with Crippen molar-refractivity contribution in [3.05, 3.63) is 18.0 Å². The summed E-state index contributed by atoms with van der Waals surface area (Å²) in [6, 6.07) is 0. The molecule has 1 aromatic heterocycles. The third-order valence-electron chi connectivity index (χ3n) is 2.55. The van der Waals surface area contributed by atoms with Crippen LogP contribution in [0.5, 0.6) is 0 Å². The van der Waals surface area contributed by atoms with Gasteiger partial charge in [-0.05, 0) is 38.7 Å². The molecular formula is C14H25N3O2. The molecule has 0 saturated carbocycles. The number of carbonyl (C=O) groups excluding carboxylic acids is 1. The molecule has 1 N–H and O–H groups in total. The summed E-state index contributed by atoms with van der Waals surface area (Å²) in [4.78, 5) is 11.4. The highest BCUT2D eigenvalue weighted by atomic mass is 16.6. The second-order valence-corrected chi connectivity index (χ2v) is 5.97. The number of hydrogen-bond donors (Lipinski definition) is 1. The number of nitrogens with one attached hydrogen (secondary N) is 1. The second kappa shape index (κ2) is 6.59. The molecule has 0 aromatic carbocycles. The summed E-state index contributed by atoms with van der Waals surface area (Å²) in [6.07, 6.45) is 4.42. The zero-order valence-electron chi connectivity index (χ0n) is 12.6. The first-order valence-electron chi connectivity index (χ1n) is 6.77. The van der Waals surface area contributed by atoms with Crippen LogP contribution in [0.4, 0.5) is 4.79 Å². The SMILES string of the molecule is CC(C)c1cnn(CCCNC(=O)OC(C)(C)C)c1. The van der Waals surface area contributed by atoms with Gasteiger partial charge in [0.05, 0.1) is 6.20 Å². The Labute approximate surface area is 115 Å². The molecule has 0 fully saturated rings. The molecule has 0 atom stereocenters. The van der Waals surface area contributed by atoms with Crippen LogP contribution in [0.15, 0.2) is 12.4 Å². The van der Waals surface area contributed by atoms with Crippen LogP contribution in [0.2, 0.25) is 0 Å². The highest BCUT2D eigenvalue weighted by Crippen LogP contribution is 2.12. The van der Waals surface area contributed by atoms with Crippen molar-refractivity contribution < 1.29 is 9.53 Å². The minimum absolute atomic E-state index is 0.365. The summed E-state index contributed by atoms with van der Waals surface area (Å²) in [5.41, 5.74) is 0.790. The third kappa shape index (κ3) is 6.27. The predicted molar refractivity (Wildman–Crippen MR) is 75.2 cm³/mol. The van der Waals surface area contributed by atoms with Crippen LogP contribution >= 0.6 is 0 Å². The molecule has 0 radical (unpaired) electrons. The maximum atomic E-state index is 11.4. The molecule has 5 heteroatoms. The Hall–Kier alpha value is -1.52. The van der Waals surface area contributed by atoms with Crippen LogP contribution in [0.3, 0.4) is 0 Å². The van der Waals surface area contributed by atoms with Crippen molar-refractivity contribution in [2.24, 2.45) is 0 Å². The van der Waals surface area contributed by atoms with Crippen molar-refractivity contribution in [3.8, 4) is 0 Å². The second-order valence-electron chi connectivity index (χ2n) is 5.97. The van der Waals surface area contributed by atoms with E-state index in [-0.39, 0.29) is 6.09 Å². The van der Waals surface area contributed by atoms with Gasteiger partial charge < -0.3 is 10.1 Å². The average molecular weight is 267 g/mol. The Morgan fingerprint density at radius 1 is 1.47 bits per heavy atom. The number of nitrogens with zero attached hydrogens (tertiary/aromatic N) is 2. The molecule has 0 spiro atoms. The number of hydrogen-bond acceptors (Lipinski definition) is 3. The van der Waals surface area contributed by atoms with Gasteiger partial charge in [0.15, 0.2) is 0 Å². The van der Waals surface area contributed by atoms with Crippen LogP contribution in [-0.4, -0.2) is 28.0 Å². The van der Waals surface area contributed by atoms with Crippen LogP contribution in [-0.2, 0) is 11.3 Å². The van der Waals surface area contributed by atoms with Gasteiger partial charge in [-0.15, -0.1) is 0 Å². The molecular weight excluding hydrogens is 242 g/mol. The van der Waals surface area contributed by atoms with E-state index in [1.165, 1.54) is 5.56 Å². The van der Waals surface area contributed by atoms with E-state index in [0.29, 0.717) is 12.5 Å². The fraction of sp³-hybridized carbons (Fsp3) is 0.714. The number of aryl methyl sites for hydroxylation is 1. The molecule has 1 heterocycles. The molecule has 0 aliphatic heterocycles.